The first-order valence-corrected chi connectivity index (χ1v) is 7.93. The Balaban J connectivity index is 1.64. The number of hydrogen-bond donors (Lipinski definition) is 1. The Labute approximate surface area is 141 Å². The number of carbonyl (C=O) groups excluding carboxylic acids is 1. The van der Waals surface area contributed by atoms with Crippen LogP contribution in [0.2, 0.25) is 0 Å². The van der Waals surface area contributed by atoms with Crippen LogP contribution in [0.25, 0.3) is 0 Å². The average Bonchev–Trinajstić information content (AvgIpc) is 2.67. The van der Waals surface area contributed by atoms with E-state index in [9.17, 15) is 4.79 Å². The van der Waals surface area contributed by atoms with Crippen LogP contribution in [0.15, 0.2) is 36.5 Å². The van der Waals surface area contributed by atoms with Gasteiger partial charge in [-0.05, 0) is 12.1 Å². The van der Waals surface area contributed by atoms with Gasteiger partial charge in [0.2, 0.25) is 12.4 Å². The summed E-state index contributed by atoms with van der Waals surface area (Å²) < 4.78 is 5.35. The molecule has 0 saturated carbocycles. The number of benzene rings is 1. The summed E-state index contributed by atoms with van der Waals surface area (Å²) in [7, 11) is 1.66. The van der Waals surface area contributed by atoms with Gasteiger partial charge in [0, 0.05) is 44.5 Å². The van der Waals surface area contributed by atoms with Crippen molar-refractivity contribution in [3.05, 3.63) is 42.1 Å². The maximum Gasteiger partial charge on any atom is 0.224 e. The number of methoxy groups -OCH3 is 1. The first-order chi connectivity index (χ1) is 11.8. The molecule has 3 rings (SSSR count). The molecule has 1 saturated heterocycles. The summed E-state index contributed by atoms with van der Waals surface area (Å²) in [4.78, 5) is 23.6. The lowest BCUT2D eigenvalue weighted by Crippen LogP contribution is -2.46. The second-order valence-corrected chi connectivity index (χ2v) is 5.53. The van der Waals surface area contributed by atoms with Gasteiger partial charge in [-0.2, -0.15) is 4.98 Å². The Morgan fingerprint density at radius 3 is 2.75 bits per heavy atom. The van der Waals surface area contributed by atoms with Crippen molar-refractivity contribution in [2.75, 3.05) is 43.5 Å². The van der Waals surface area contributed by atoms with Gasteiger partial charge in [-0.25, -0.2) is 4.98 Å². The highest BCUT2D eigenvalue weighted by molar-refractivity contribution is 5.49. The largest absolute Gasteiger partial charge is 0.496 e. The van der Waals surface area contributed by atoms with Crippen LogP contribution in [0.1, 0.15) is 5.56 Å². The van der Waals surface area contributed by atoms with Crippen molar-refractivity contribution in [1.82, 2.24) is 14.9 Å². The van der Waals surface area contributed by atoms with Crippen LogP contribution in [0.4, 0.5) is 11.8 Å². The highest BCUT2D eigenvalue weighted by atomic mass is 16.5. The maximum absolute atomic E-state index is 10.8. The molecule has 1 N–H and O–H groups in total. The van der Waals surface area contributed by atoms with E-state index in [0.29, 0.717) is 12.5 Å². The van der Waals surface area contributed by atoms with Gasteiger partial charge in [0.15, 0.2) is 0 Å². The van der Waals surface area contributed by atoms with Gasteiger partial charge in [0.1, 0.15) is 11.6 Å². The smallest absolute Gasteiger partial charge is 0.224 e. The van der Waals surface area contributed by atoms with E-state index in [-0.39, 0.29) is 0 Å². The summed E-state index contributed by atoms with van der Waals surface area (Å²) in [6.45, 7) is 3.59. The summed E-state index contributed by atoms with van der Waals surface area (Å²) in [6, 6.07) is 9.75. The zero-order valence-corrected chi connectivity index (χ0v) is 13.7. The van der Waals surface area contributed by atoms with Crippen LogP contribution in [0.5, 0.6) is 5.75 Å². The van der Waals surface area contributed by atoms with E-state index in [0.717, 1.165) is 49.7 Å². The molecule has 126 valence electrons. The van der Waals surface area contributed by atoms with E-state index in [4.69, 9.17) is 4.74 Å². The summed E-state index contributed by atoms with van der Waals surface area (Å²) in [5.41, 5.74) is 1.05. The molecule has 0 radical (unpaired) electrons. The molecular weight excluding hydrogens is 306 g/mol. The summed E-state index contributed by atoms with van der Waals surface area (Å²) >= 11 is 0. The monoisotopic (exact) mass is 327 g/mol. The number of para-hydroxylation sites is 1. The molecule has 2 heterocycles. The molecule has 0 spiro atoms. The molecule has 1 aromatic carbocycles. The van der Waals surface area contributed by atoms with Gasteiger partial charge in [-0.3, -0.25) is 4.79 Å². The number of aromatic nitrogens is 2. The highest BCUT2D eigenvalue weighted by Gasteiger charge is 2.17. The third kappa shape index (κ3) is 3.73. The second kappa shape index (κ2) is 7.63. The lowest BCUT2D eigenvalue weighted by Gasteiger charge is -2.33. The van der Waals surface area contributed by atoms with Crippen LogP contribution < -0.4 is 15.0 Å². The average molecular weight is 327 g/mol. The fourth-order valence-corrected chi connectivity index (χ4v) is 2.69. The van der Waals surface area contributed by atoms with Crippen molar-refractivity contribution in [1.29, 1.82) is 0 Å². The number of nitrogens with one attached hydrogen (secondary N) is 1. The number of piperazine rings is 1. The third-order valence-electron chi connectivity index (χ3n) is 4.06. The third-order valence-corrected chi connectivity index (χ3v) is 4.06. The molecule has 0 unspecified atom stereocenters. The van der Waals surface area contributed by atoms with E-state index < -0.39 is 0 Å². The Hall–Kier alpha value is -2.83. The number of carbonyl (C=O) groups is 1. The minimum Gasteiger partial charge on any atom is -0.496 e. The molecule has 0 atom stereocenters. The van der Waals surface area contributed by atoms with Crippen molar-refractivity contribution in [3.63, 3.8) is 0 Å². The van der Waals surface area contributed by atoms with Crippen LogP contribution in [-0.2, 0) is 11.3 Å². The molecule has 1 amide bonds. The predicted octanol–water partition coefficient (Wildman–Crippen LogP) is 1.38. The predicted molar refractivity (Wildman–Crippen MR) is 92.2 cm³/mol. The molecule has 7 heteroatoms. The molecule has 1 aliphatic rings. The normalized spacial score (nSPS) is 14.4. The zero-order chi connectivity index (χ0) is 16.8. The number of rotatable bonds is 6. The molecular formula is C17H21N5O2. The quantitative estimate of drug-likeness (QED) is 0.808. The summed E-state index contributed by atoms with van der Waals surface area (Å²) in [5.74, 6) is 2.29. The lowest BCUT2D eigenvalue weighted by molar-refractivity contribution is -0.118. The van der Waals surface area contributed by atoms with E-state index >= 15 is 0 Å². The highest BCUT2D eigenvalue weighted by Crippen LogP contribution is 2.19. The molecule has 2 aromatic rings. The molecule has 7 nitrogen and oxygen atoms in total. The second-order valence-electron chi connectivity index (χ2n) is 5.53. The Morgan fingerprint density at radius 1 is 1.21 bits per heavy atom. The lowest BCUT2D eigenvalue weighted by atomic mass is 10.2. The van der Waals surface area contributed by atoms with E-state index in [2.05, 4.69) is 20.2 Å². The maximum atomic E-state index is 10.8. The fourth-order valence-electron chi connectivity index (χ4n) is 2.69. The summed E-state index contributed by atoms with van der Waals surface area (Å²) in [6.07, 6.45) is 2.65. The number of nitrogens with zero attached hydrogens (tertiary/aromatic N) is 4. The van der Waals surface area contributed by atoms with E-state index in [1.165, 1.54) is 0 Å². The molecule has 0 bridgehead atoms. The van der Waals surface area contributed by atoms with Crippen molar-refractivity contribution in [2.45, 2.75) is 6.54 Å². The van der Waals surface area contributed by atoms with Crippen LogP contribution >= 0.6 is 0 Å². The van der Waals surface area contributed by atoms with Gasteiger partial charge >= 0.3 is 0 Å². The SMILES string of the molecule is COc1ccccc1CNc1nccc(N2CCN(C=O)CC2)n1. The van der Waals surface area contributed by atoms with Gasteiger partial charge in [-0.15, -0.1) is 0 Å². The van der Waals surface area contributed by atoms with E-state index in [1.807, 2.05) is 30.3 Å². The number of ether oxygens (including phenoxy) is 1. The van der Waals surface area contributed by atoms with Crippen LogP contribution in [0.3, 0.4) is 0 Å². The Bertz CT molecular complexity index is 686. The first-order valence-electron chi connectivity index (χ1n) is 7.93. The van der Waals surface area contributed by atoms with Crippen LogP contribution in [0, 0.1) is 0 Å². The molecule has 1 aromatic heterocycles. The number of amides is 1. The number of hydrogen-bond acceptors (Lipinski definition) is 6. The van der Waals surface area contributed by atoms with E-state index in [1.54, 1.807) is 18.2 Å². The van der Waals surface area contributed by atoms with Crippen molar-refractivity contribution < 1.29 is 9.53 Å². The minimum absolute atomic E-state index is 0.580. The van der Waals surface area contributed by atoms with Gasteiger partial charge in [0.05, 0.1) is 7.11 Å². The molecule has 0 aliphatic carbocycles. The molecule has 1 fully saturated rings. The van der Waals surface area contributed by atoms with Crippen LogP contribution in [-0.4, -0.2) is 54.6 Å². The van der Waals surface area contributed by atoms with Crippen molar-refractivity contribution in [3.8, 4) is 5.75 Å². The molecule has 24 heavy (non-hydrogen) atoms. The van der Waals surface area contributed by atoms with Gasteiger partial charge < -0.3 is 19.9 Å². The number of anilines is 2. The van der Waals surface area contributed by atoms with Gasteiger partial charge in [0.25, 0.3) is 0 Å². The minimum atomic E-state index is 0.580. The van der Waals surface area contributed by atoms with Crippen molar-refractivity contribution in [2.24, 2.45) is 0 Å². The topological polar surface area (TPSA) is 70.6 Å². The zero-order valence-electron chi connectivity index (χ0n) is 13.7. The first kappa shape index (κ1) is 16.0. The standard InChI is InChI=1S/C17H21N5O2/c1-24-15-5-3-2-4-14(15)12-19-17-18-7-6-16(20-17)22-10-8-21(13-23)9-11-22/h2-7,13H,8-12H2,1H3,(H,18,19,20). The fraction of sp³-hybridized carbons (Fsp3) is 0.353. The Kier molecular flexibility index (Phi) is 5.10. The van der Waals surface area contributed by atoms with Crippen molar-refractivity contribution >= 4 is 18.2 Å². The Morgan fingerprint density at radius 2 is 2.00 bits per heavy atom. The molecule has 1 aliphatic heterocycles. The summed E-state index contributed by atoms with van der Waals surface area (Å²) in [5, 5.41) is 3.24. The van der Waals surface area contributed by atoms with Gasteiger partial charge in [-0.1, -0.05) is 18.2 Å².